The van der Waals surface area contributed by atoms with Gasteiger partial charge in [0.15, 0.2) is 0 Å². The minimum absolute atomic E-state index is 0.00364. The highest BCUT2D eigenvalue weighted by atomic mass is 19.4. The van der Waals surface area contributed by atoms with Gasteiger partial charge in [0.2, 0.25) is 17.7 Å². The summed E-state index contributed by atoms with van der Waals surface area (Å²) in [6, 6.07) is 4.37. The van der Waals surface area contributed by atoms with Gasteiger partial charge in [-0.3, -0.25) is 14.5 Å². The Hall–Kier alpha value is -3.98. The van der Waals surface area contributed by atoms with E-state index < -0.39 is 70.7 Å². The van der Waals surface area contributed by atoms with E-state index in [1.54, 1.807) is 4.90 Å². The van der Waals surface area contributed by atoms with Gasteiger partial charge in [-0.05, 0) is 74.4 Å². The summed E-state index contributed by atoms with van der Waals surface area (Å²) in [6.45, 7) is 0.109. The molecule has 280 valence electrons. The fourth-order valence-electron chi connectivity index (χ4n) is 7.38. The molecule has 1 heterocycles. The number of likely N-dealkylation sites (N-methyl/N-ethyl adjacent to an activating group) is 1. The first-order valence-electron chi connectivity index (χ1n) is 16.8. The first-order chi connectivity index (χ1) is 23.7. The number of carbonyl (C=O) groups is 3. The fourth-order valence-corrected chi connectivity index (χ4v) is 7.38. The molecule has 1 N–H and O–H groups in total. The van der Waals surface area contributed by atoms with Crippen LogP contribution in [0.5, 0.6) is 0 Å². The van der Waals surface area contributed by atoms with Crippen LogP contribution in [0.3, 0.4) is 0 Å². The van der Waals surface area contributed by atoms with Crippen LogP contribution in [0.15, 0.2) is 42.5 Å². The Balaban J connectivity index is 1.28. The molecule has 1 saturated heterocycles. The molecule has 2 atom stereocenters. The number of benzene rings is 2. The molecule has 51 heavy (non-hydrogen) atoms. The van der Waals surface area contributed by atoms with Gasteiger partial charge in [-0.1, -0.05) is 12.1 Å². The van der Waals surface area contributed by atoms with Crippen LogP contribution in [0.2, 0.25) is 0 Å². The molecule has 2 aliphatic carbocycles. The fraction of sp³-hybridized carbons (Fsp3) is 0.571. The highest BCUT2D eigenvalue weighted by Gasteiger charge is 2.44. The van der Waals surface area contributed by atoms with Gasteiger partial charge in [0.05, 0.1) is 17.2 Å². The van der Waals surface area contributed by atoms with Crippen LogP contribution >= 0.6 is 0 Å². The summed E-state index contributed by atoms with van der Waals surface area (Å²) in [7, 11) is 2.40. The zero-order valence-electron chi connectivity index (χ0n) is 28.0. The molecule has 3 aliphatic rings. The molecule has 2 aromatic rings. The molecule has 4 amide bonds. The number of hydrogen-bond donors (Lipinski definition) is 1. The Morgan fingerprint density at radius 3 is 1.86 bits per heavy atom. The molecule has 7 nitrogen and oxygen atoms in total. The quantitative estimate of drug-likeness (QED) is 0.308. The van der Waals surface area contributed by atoms with Crippen molar-refractivity contribution in [3.8, 4) is 0 Å². The average Bonchev–Trinajstić information content (AvgIpc) is 3.52. The first-order valence-corrected chi connectivity index (χ1v) is 16.8. The van der Waals surface area contributed by atoms with E-state index in [9.17, 15) is 53.9 Å². The molecule has 0 aromatic heterocycles. The molecule has 3 fully saturated rings. The molecule has 0 radical (unpaired) electrons. The highest BCUT2D eigenvalue weighted by molar-refractivity contribution is 5.92. The molecule has 16 heteroatoms. The molecule has 2 saturated carbocycles. The number of urea groups is 1. The number of anilines is 1. The van der Waals surface area contributed by atoms with E-state index in [2.05, 4.69) is 5.32 Å². The van der Waals surface area contributed by atoms with Gasteiger partial charge in [-0.25, -0.2) is 18.0 Å². The lowest BCUT2D eigenvalue weighted by molar-refractivity contribution is -0.143. The smallest absolute Gasteiger partial charge is 0.353 e. The number of likely N-dealkylation sites (tertiary alicyclic amines) is 1. The third kappa shape index (κ3) is 8.91. The molecule has 0 bridgehead atoms. The Bertz CT molecular complexity index is 1550. The third-order valence-electron chi connectivity index (χ3n) is 10.5. The van der Waals surface area contributed by atoms with E-state index in [0.29, 0.717) is 48.3 Å². The van der Waals surface area contributed by atoms with E-state index in [4.69, 9.17) is 0 Å². The number of nitrogens with one attached hydrogen (secondary N) is 1. The van der Waals surface area contributed by atoms with Gasteiger partial charge in [0.25, 0.3) is 0 Å². The van der Waals surface area contributed by atoms with E-state index >= 15 is 0 Å². The number of amides is 4. The zero-order chi connectivity index (χ0) is 37.5. The number of rotatable bonds is 6. The van der Waals surface area contributed by atoms with Gasteiger partial charge in [-0.15, -0.1) is 0 Å². The second kappa shape index (κ2) is 14.6. The van der Waals surface area contributed by atoms with E-state index in [1.165, 1.54) is 36.2 Å². The van der Waals surface area contributed by atoms with E-state index in [-0.39, 0.29) is 62.7 Å². The van der Waals surface area contributed by atoms with Crippen LogP contribution in [0, 0.1) is 17.7 Å². The van der Waals surface area contributed by atoms with Gasteiger partial charge in [-0.2, -0.15) is 26.3 Å². The Morgan fingerprint density at radius 2 is 1.33 bits per heavy atom. The van der Waals surface area contributed by atoms with Gasteiger partial charge >= 0.3 is 18.4 Å². The van der Waals surface area contributed by atoms with Crippen LogP contribution in [0.1, 0.15) is 74.0 Å². The monoisotopic (exact) mass is 734 g/mol. The Morgan fingerprint density at radius 1 is 0.784 bits per heavy atom. The van der Waals surface area contributed by atoms with Crippen molar-refractivity contribution in [2.24, 2.45) is 11.8 Å². The van der Waals surface area contributed by atoms with Crippen LogP contribution in [-0.4, -0.2) is 72.8 Å². The van der Waals surface area contributed by atoms with Crippen molar-refractivity contribution in [1.82, 2.24) is 15.1 Å². The summed E-state index contributed by atoms with van der Waals surface area (Å²) in [6.07, 6.45) is -8.83. The molecule has 2 aromatic carbocycles. The minimum Gasteiger partial charge on any atom is -0.353 e. The van der Waals surface area contributed by atoms with Crippen LogP contribution in [0.25, 0.3) is 0 Å². The standard InChI is InChI=1S/C35H39F9N4O3/c1-46(27-16-23(34(39,40)41)15-24(17-27)35(42,43)44)32(51)47(2)29-19-48(18-28(29)20-3-7-25(36)8-4-20)31(50)22-5-9-26(10-6-22)45-30(49)21-11-13-33(37,38)14-12-21/h3-4,7-8,15-17,21-22,26,28-29H,5-6,9-14,18-19H2,1-2H3,(H,45,49)/t22-,26-,28-,29+/m0/s1. The van der Waals surface area contributed by atoms with E-state index in [1.807, 2.05) is 0 Å². The largest absolute Gasteiger partial charge is 0.416 e. The Kier molecular flexibility index (Phi) is 10.9. The second-order valence-electron chi connectivity index (χ2n) is 13.9. The number of halogens is 9. The normalized spacial score (nSPS) is 24.3. The highest BCUT2D eigenvalue weighted by Crippen LogP contribution is 2.40. The molecule has 1 aliphatic heterocycles. The van der Waals surface area contributed by atoms with Gasteiger partial charge in [0.1, 0.15) is 5.82 Å². The molecule has 0 spiro atoms. The summed E-state index contributed by atoms with van der Waals surface area (Å²) in [5, 5.41) is 2.95. The second-order valence-corrected chi connectivity index (χ2v) is 13.9. The molecular formula is C35H39F9N4O3. The summed E-state index contributed by atoms with van der Waals surface area (Å²) < 4.78 is 122. The summed E-state index contributed by atoms with van der Waals surface area (Å²) in [5.41, 5.74) is -3.22. The summed E-state index contributed by atoms with van der Waals surface area (Å²) in [4.78, 5) is 43.6. The van der Waals surface area contributed by atoms with Gasteiger partial charge < -0.3 is 15.1 Å². The summed E-state index contributed by atoms with van der Waals surface area (Å²) >= 11 is 0. The van der Waals surface area contributed by atoms with Crippen molar-refractivity contribution in [3.05, 3.63) is 65.0 Å². The van der Waals surface area contributed by atoms with Crippen LogP contribution in [-0.2, 0) is 21.9 Å². The lowest BCUT2D eigenvalue weighted by atomic mass is 9.83. The third-order valence-corrected chi connectivity index (χ3v) is 10.5. The van der Waals surface area contributed by atoms with Crippen molar-refractivity contribution >= 4 is 23.5 Å². The predicted octanol–water partition coefficient (Wildman–Crippen LogP) is 7.85. The van der Waals surface area contributed by atoms with Crippen LogP contribution in [0.4, 0.5) is 50.0 Å². The zero-order valence-corrected chi connectivity index (χ0v) is 28.0. The lowest BCUT2D eigenvalue weighted by Gasteiger charge is -2.34. The maximum Gasteiger partial charge on any atom is 0.416 e. The van der Waals surface area contributed by atoms with Crippen molar-refractivity contribution in [1.29, 1.82) is 0 Å². The lowest BCUT2D eigenvalue weighted by Crippen LogP contribution is -2.48. The SMILES string of the molecule is CN(C(=O)N(C)[C@@H]1CN(C(=O)[C@H]2CC[C@H](NC(=O)C3CCC(F)(F)CC3)CC2)C[C@H]1c1ccc(F)cc1)c1cc(C(F)(F)F)cc(C(F)(F)F)c1. The molecular weight excluding hydrogens is 695 g/mol. The van der Waals surface area contributed by atoms with Crippen molar-refractivity contribution in [2.75, 3.05) is 32.1 Å². The van der Waals surface area contributed by atoms with Crippen LogP contribution < -0.4 is 10.2 Å². The van der Waals surface area contributed by atoms with Gasteiger partial charge in [0, 0.05) is 69.5 Å². The van der Waals surface area contributed by atoms with Crippen molar-refractivity contribution < 1.29 is 53.9 Å². The van der Waals surface area contributed by atoms with E-state index in [0.717, 1.165) is 7.05 Å². The topological polar surface area (TPSA) is 73.0 Å². The first kappa shape index (κ1) is 38.3. The predicted molar refractivity (Wildman–Crippen MR) is 168 cm³/mol. The average molecular weight is 735 g/mol. The van der Waals surface area contributed by atoms with Crippen molar-refractivity contribution in [2.45, 2.75) is 87.6 Å². The molecule has 5 rings (SSSR count). The van der Waals surface area contributed by atoms with Crippen molar-refractivity contribution in [3.63, 3.8) is 0 Å². The number of alkyl halides is 8. The number of hydrogen-bond acceptors (Lipinski definition) is 3. The number of carbonyl (C=O) groups excluding carboxylic acids is 3. The summed E-state index contributed by atoms with van der Waals surface area (Å²) in [5.74, 6) is -5.22. The number of nitrogens with zero attached hydrogens (tertiary/aromatic N) is 3. The maximum absolute atomic E-state index is 13.8. The minimum atomic E-state index is -5.12. The maximum atomic E-state index is 13.8. The Labute approximate surface area is 289 Å². The molecule has 0 unspecified atom stereocenters.